The van der Waals surface area contributed by atoms with E-state index in [2.05, 4.69) is 19.6 Å². The predicted octanol–water partition coefficient (Wildman–Crippen LogP) is 2.26. The van der Waals surface area contributed by atoms with E-state index in [0.717, 1.165) is 5.56 Å². The number of aliphatic carboxylic acids is 2. The fourth-order valence-electron chi connectivity index (χ4n) is 1.98. The minimum Gasteiger partial charge on any atom is -0.481 e. The Balaban J connectivity index is 2.96. The molecule has 0 fully saturated rings. The van der Waals surface area contributed by atoms with Crippen molar-refractivity contribution < 1.29 is 19.8 Å². The van der Waals surface area contributed by atoms with Crippen LogP contribution < -0.4 is 5.19 Å². The van der Waals surface area contributed by atoms with Crippen LogP contribution in [0.5, 0.6) is 0 Å². The topological polar surface area (TPSA) is 74.6 Å². The van der Waals surface area contributed by atoms with E-state index in [-0.39, 0.29) is 12.8 Å². The van der Waals surface area contributed by atoms with Gasteiger partial charge in [-0.2, -0.15) is 0 Å². The highest BCUT2D eigenvalue weighted by molar-refractivity contribution is 6.88. The molecule has 0 saturated carbocycles. The molecular formula is C14H20O4Si. The second kappa shape index (κ2) is 6.01. The molecule has 0 aromatic heterocycles. The standard InChI is InChI=1S/C14H20O4Si/c1-19(2,3)12-6-4-10(5-7-12)11(8-13(15)16)9-14(17)18/h4-7,11H,8-9H2,1-3H3,(H,15,16)(H,17,18). The highest BCUT2D eigenvalue weighted by atomic mass is 28.3. The summed E-state index contributed by atoms with van der Waals surface area (Å²) < 4.78 is 0. The van der Waals surface area contributed by atoms with E-state index < -0.39 is 25.9 Å². The Kier molecular flexibility index (Phi) is 4.88. The molecule has 0 aliphatic carbocycles. The fraction of sp³-hybridized carbons (Fsp3) is 0.429. The van der Waals surface area contributed by atoms with Crippen molar-refractivity contribution >= 4 is 25.2 Å². The van der Waals surface area contributed by atoms with Crippen molar-refractivity contribution in [1.29, 1.82) is 0 Å². The lowest BCUT2D eigenvalue weighted by Crippen LogP contribution is -2.37. The van der Waals surface area contributed by atoms with Crippen molar-refractivity contribution in [3.63, 3.8) is 0 Å². The van der Waals surface area contributed by atoms with Gasteiger partial charge in [-0.15, -0.1) is 0 Å². The largest absolute Gasteiger partial charge is 0.481 e. The monoisotopic (exact) mass is 280 g/mol. The Morgan fingerprint density at radius 3 is 1.74 bits per heavy atom. The molecule has 0 spiro atoms. The molecule has 19 heavy (non-hydrogen) atoms. The minimum absolute atomic E-state index is 0.154. The van der Waals surface area contributed by atoms with Gasteiger partial charge in [-0.05, 0) is 5.56 Å². The van der Waals surface area contributed by atoms with Gasteiger partial charge in [0.05, 0.1) is 20.9 Å². The van der Waals surface area contributed by atoms with E-state index in [4.69, 9.17) is 10.2 Å². The number of carboxylic acid groups (broad SMARTS) is 2. The van der Waals surface area contributed by atoms with Crippen LogP contribution >= 0.6 is 0 Å². The maximum atomic E-state index is 10.8. The van der Waals surface area contributed by atoms with Crippen molar-refractivity contribution in [2.75, 3.05) is 0 Å². The van der Waals surface area contributed by atoms with E-state index in [1.807, 2.05) is 24.3 Å². The zero-order valence-corrected chi connectivity index (χ0v) is 12.5. The van der Waals surface area contributed by atoms with Gasteiger partial charge >= 0.3 is 11.9 Å². The first kappa shape index (κ1) is 15.4. The SMILES string of the molecule is C[Si](C)(C)c1ccc(C(CC(=O)O)CC(=O)O)cc1. The van der Waals surface area contributed by atoms with Crippen LogP contribution in [0.15, 0.2) is 24.3 Å². The van der Waals surface area contributed by atoms with Gasteiger partial charge in [0, 0.05) is 5.92 Å². The molecule has 0 aliphatic rings. The van der Waals surface area contributed by atoms with Crippen LogP contribution in [-0.4, -0.2) is 30.2 Å². The van der Waals surface area contributed by atoms with Gasteiger partial charge in [-0.3, -0.25) is 9.59 Å². The molecule has 1 aromatic rings. The number of rotatable bonds is 6. The molecule has 2 N–H and O–H groups in total. The van der Waals surface area contributed by atoms with Crippen LogP contribution in [0.4, 0.5) is 0 Å². The lowest BCUT2D eigenvalue weighted by Gasteiger charge is -2.19. The molecule has 0 aliphatic heterocycles. The van der Waals surface area contributed by atoms with Crippen LogP contribution in [0.25, 0.3) is 0 Å². The van der Waals surface area contributed by atoms with E-state index in [1.165, 1.54) is 5.19 Å². The Morgan fingerprint density at radius 2 is 1.42 bits per heavy atom. The van der Waals surface area contributed by atoms with E-state index in [0.29, 0.717) is 0 Å². The third kappa shape index (κ3) is 4.87. The summed E-state index contributed by atoms with van der Waals surface area (Å²) in [6.45, 7) is 6.69. The third-order valence-corrected chi connectivity index (χ3v) is 5.16. The van der Waals surface area contributed by atoms with Crippen LogP contribution in [0.1, 0.15) is 24.3 Å². The molecule has 104 valence electrons. The molecule has 0 radical (unpaired) electrons. The summed E-state index contributed by atoms with van der Waals surface area (Å²) >= 11 is 0. The molecule has 0 bridgehead atoms. The first-order chi connectivity index (χ1) is 8.70. The number of hydrogen-bond donors (Lipinski definition) is 2. The maximum absolute atomic E-state index is 10.8. The third-order valence-electron chi connectivity index (χ3n) is 3.09. The van der Waals surface area contributed by atoms with Gasteiger partial charge in [0.1, 0.15) is 0 Å². The van der Waals surface area contributed by atoms with Gasteiger partial charge in [-0.1, -0.05) is 49.1 Å². The highest BCUT2D eigenvalue weighted by Gasteiger charge is 2.21. The molecular weight excluding hydrogens is 260 g/mol. The second-order valence-electron chi connectivity index (χ2n) is 5.76. The predicted molar refractivity (Wildman–Crippen MR) is 76.7 cm³/mol. The Morgan fingerprint density at radius 1 is 1.00 bits per heavy atom. The Bertz CT molecular complexity index is 443. The minimum atomic E-state index is -1.39. The van der Waals surface area contributed by atoms with Crippen molar-refractivity contribution in [3.8, 4) is 0 Å². The average molecular weight is 280 g/mol. The summed E-state index contributed by atoms with van der Waals surface area (Å²) in [5, 5.41) is 19.0. The van der Waals surface area contributed by atoms with Gasteiger partial charge in [-0.25, -0.2) is 0 Å². The molecule has 1 rings (SSSR count). The van der Waals surface area contributed by atoms with E-state index in [1.54, 1.807) is 0 Å². The Labute approximate surface area is 114 Å². The fourth-order valence-corrected chi connectivity index (χ4v) is 3.15. The highest BCUT2D eigenvalue weighted by Crippen LogP contribution is 2.23. The molecule has 4 nitrogen and oxygen atoms in total. The number of carbonyl (C=O) groups is 2. The molecule has 0 saturated heterocycles. The quantitative estimate of drug-likeness (QED) is 0.784. The van der Waals surface area contributed by atoms with Crippen molar-refractivity contribution in [2.45, 2.75) is 38.4 Å². The summed E-state index contributed by atoms with van der Waals surface area (Å²) in [4.78, 5) is 21.6. The molecule has 0 unspecified atom stereocenters. The van der Waals surface area contributed by atoms with Gasteiger partial charge in [0.15, 0.2) is 0 Å². The van der Waals surface area contributed by atoms with E-state index in [9.17, 15) is 9.59 Å². The smallest absolute Gasteiger partial charge is 0.303 e. The van der Waals surface area contributed by atoms with Crippen molar-refractivity contribution in [3.05, 3.63) is 29.8 Å². The van der Waals surface area contributed by atoms with Gasteiger partial charge in [0.25, 0.3) is 0 Å². The summed E-state index contributed by atoms with van der Waals surface area (Å²) in [5.74, 6) is -2.41. The van der Waals surface area contributed by atoms with Crippen molar-refractivity contribution in [2.24, 2.45) is 0 Å². The van der Waals surface area contributed by atoms with Gasteiger partial charge in [0.2, 0.25) is 0 Å². The summed E-state index contributed by atoms with van der Waals surface area (Å²) in [5.41, 5.74) is 0.784. The zero-order valence-electron chi connectivity index (χ0n) is 11.5. The average Bonchev–Trinajstić information content (AvgIpc) is 2.26. The number of benzene rings is 1. The maximum Gasteiger partial charge on any atom is 0.303 e. The molecule has 0 heterocycles. The van der Waals surface area contributed by atoms with Crippen LogP contribution in [0.2, 0.25) is 19.6 Å². The Hall–Kier alpha value is -1.62. The van der Waals surface area contributed by atoms with Crippen molar-refractivity contribution in [1.82, 2.24) is 0 Å². The van der Waals surface area contributed by atoms with Crippen LogP contribution in [0, 0.1) is 0 Å². The number of carboxylic acids is 2. The molecule has 0 atom stereocenters. The first-order valence-corrected chi connectivity index (χ1v) is 9.74. The van der Waals surface area contributed by atoms with E-state index >= 15 is 0 Å². The zero-order chi connectivity index (χ0) is 14.6. The lowest BCUT2D eigenvalue weighted by molar-refractivity contribution is -0.139. The van der Waals surface area contributed by atoms with Crippen LogP contribution in [0.3, 0.4) is 0 Å². The summed E-state index contributed by atoms with van der Waals surface area (Å²) in [7, 11) is -1.39. The summed E-state index contributed by atoms with van der Waals surface area (Å²) in [6.07, 6.45) is -0.308. The summed E-state index contributed by atoms with van der Waals surface area (Å²) in [6, 6.07) is 7.73. The lowest BCUT2D eigenvalue weighted by atomic mass is 9.93. The van der Waals surface area contributed by atoms with Gasteiger partial charge < -0.3 is 10.2 Å². The number of hydrogen-bond acceptors (Lipinski definition) is 2. The normalized spacial score (nSPS) is 11.6. The molecule has 5 heteroatoms. The second-order valence-corrected chi connectivity index (χ2v) is 10.8. The van der Waals surface area contributed by atoms with Crippen LogP contribution in [-0.2, 0) is 9.59 Å². The molecule has 1 aromatic carbocycles. The molecule has 0 amide bonds. The first-order valence-electron chi connectivity index (χ1n) is 6.24.